The van der Waals surface area contributed by atoms with Gasteiger partial charge in [-0.1, -0.05) is 43.3 Å². The molecule has 0 saturated carbocycles. The maximum Gasteiger partial charge on any atom is 0.0328 e. The molecule has 108 valence electrons. The SMILES string of the molecule is CCN(Cc1cccs1)CC(N)CCc1ccccc1. The lowest BCUT2D eigenvalue weighted by molar-refractivity contribution is 0.259. The molecule has 1 unspecified atom stereocenters. The quantitative estimate of drug-likeness (QED) is 0.805. The Kier molecular flexibility index (Phi) is 6.25. The number of likely N-dealkylation sites (N-methyl/N-ethyl adjacent to an activating group) is 1. The molecule has 0 aliphatic carbocycles. The van der Waals surface area contributed by atoms with Crippen molar-refractivity contribution < 1.29 is 0 Å². The number of aryl methyl sites for hydroxylation is 1. The first-order valence-corrected chi connectivity index (χ1v) is 8.20. The maximum atomic E-state index is 6.29. The highest BCUT2D eigenvalue weighted by Gasteiger charge is 2.10. The predicted molar refractivity (Wildman–Crippen MR) is 88.0 cm³/mol. The Labute approximate surface area is 126 Å². The van der Waals surface area contributed by atoms with Crippen molar-refractivity contribution >= 4 is 11.3 Å². The summed E-state index contributed by atoms with van der Waals surface area (Å²) < 4.78 is 0. The molecule has 1 heterocycles. The van der Waals surface area contributed by atoms with Gasteiger partial charge < -0.3 is 5.73 Å². The van der Waals surface area contributed by atoms with E-state index < -0.39 is 0 Å². The Morgan fingerprint density at radius 2 is 1.95 bits per heavy atom. The number of rotatable bonds is 8. The van der Waals surface area contributed by atoms with Crippen LogP contribution in [0.5, 0.6) is 0 Å². The fourth-order valence-electron chi connectivity index (χ4n) is 2.35. The Balaban J connectivity index is 1.76. The van der Waals surface area contributed by atoms with E-state index in [4.69, 9.17) is 5.73 Å². The zero-order valence-corrected chi connectivity index (χ0v) is 13.0. The normalized spacial score (nSPS) is 12.8. The number of nitrogens with two attached hydrogens (primary N) is 1. The summed E-state index contributed by atoms with van der Waals surface area (Å²) >= 11 is 1.82. The van der Waals surface area contributed by atoms with Crippen molar-refractivity contribution in [2.75, 3.05) is 13.1 Å². The van der Waals surface area contributed by atoms with Gasteiger partial charge in [0.05, 0.1) is 0 Å². The van der Waals surface area contributed by atoms with Crippen molar-refractivity contribution in [1.29, 1.82) is 0 Å². The van der Waals surface area contributed by atoms with Crippen LogP contribution in [0.25, 0.3) is 0 Å². The lowest BCUT2D eigenvalue weighted by Gasteiger charge is -2.23. The summed E-state index contributed by atoms with van der Waals surface area (Å²) in [5.74, 6) is 0. The Morgan fingerprint density at radius 3 is 2.60 bits per heavy atom. The molecule has 2 rings (SSSR count). The molecule has 20 heavy (non-hydrogen) atoms. The lowest BCUT2D eigenvalue weighted by Crippen LogP contribution is -2.37. The van der Waals surface area contributed by atoms with Crippen LogP contribution in [0.4, 0.5) is 0 Å². The molecular weight excluding hydrogens is 264 g/mol. The van der Waals surface area contributed by atoms with Crippen LogP contribution in [0.2, 0.25) is 0 Å². The van der Waals surface area contributed by atoms with Gasteiger partial charge >= 0.3 is 0 Å². The first-order valence-electron chi connectivity index (χ1n) is 7.32. The topological polar surface area (TPSA) is 29.3 Å². The minimum atomic E-state index is 0.245. The number of hydrogen-bond acceptors (Lipinski definition) is 3. The molecule has 0 fully saturated rings. The van der Waals surface area contributed by atoms with E-state index in [2.05, 4.69) is 59.7 Å². The highest BCUT2D eigenvalue weighted by molar-refractivity contribution is 7.09. The van der Waals surface area contributed by atoms with Crippen LogP contribution in [0.3, 0.4) is 0 Å². The molecule has 0 bridgehead atoms. The van der Waals surface area contributed by atoms with Crippen LogP contribution in [0.1, 0.15) is 23.8 Å². The molecule has 0 spiro atoms. The molecule has 2 N–H and O–H groups in total. The van der Waals surface area contributed by atoms with Crippen LogP contribution in [0.15, 0.2) is 47.8 Å². The number of thiophene rings is 1. The molecule has 0 radical (unpaired) electrons. The number of benzene rings is 1. The van der Waals surface area contributed by atoms with E-state index in [0.717, 1.165) is 32.5 Å². The largest absolute Gasteiger partial charge is 0.327 e. The molecule has 0 aliphatic rings. The summed E-state index contributed by atoms with van der Waals surface area (Å²) in [6.45, 7) is 5.25. The van der Waals surface area contributed by atoms with Crippen molar-refractivity contribution in [1.82, 2.24) is 4.90 Å². The second kappa shape index (κ2) is 8.20. The number of nitrogens with zero attached hydrogens (tertiary/aromatic N) is 1. The maximum absolute atomic E-state index is 6.29. The molecule has 3 heteroatoms. The Bertz CT molecular complexity index is 467. The second-order valence-corrected chi connectivity index (χ2v) is 6.22. The van der Waals surface area contributed by atoms with Crippen LogP contribution >= 0.6 is 11.3 Å². The first kappa shape index (κ1) is 15.2. The molecule has 0 aliphatic heterocycles. The molecule has 0 saturated heterocycles. The van der Waals surface area contributed by atoms with E-state index in [1.807, 2.05) is 11.3 Å². The molecule has 2 nitrogen and oxygen atoms in total. The summed E-state index contributed by atoms with van der Waals surface area (Å²) in [5.41, 5.74) is 7.67. The van der Waals surface area contributed by atoms with Gasteiger partial charge in [-0.2, -0.15) is 0 Å². The van der Waals surface area contributed by atoms with Crippen LogP contribution < -0.4 is 5.73 Å². The van der Waals surface area contributed by atoms with E-state index in [1.54, 1.807) is 0 Å². The zero-order chi connectivity index (χ0) is 14.2. The number of hydrogen-bond donors (Lipinski definition) is 1. The van der Waals surface area contributed by atoms with Gasteiger partial charge in [0.1, 0.15) is 0 Å². The average molecular weight is 288 g/mol. The molecule has 2 aromatic rings. The van der Waals surface area contributed by atoms with E-state index >= 15 is 0 Å². The van der Waals surface area contributed by atoms with Gasteiger partial charge in [-0.05, 0) is 36.4 Å². The molecule has 1 aromatic carbocycles. The third-order valence-corrected chi connectivity index (χ3v) is 4.41. The van der Waals surface area contributed by atoms with Crippen molar-refractivity contribution in [3.05, 3.63) is 58.3 Å². The summed E-state index contributed by atoms with van der Waals surface area (Å²) in [5, 5.41) is 2.14. The van der Waals surface area contributed by atoms with Crippen molar-refractivity contribution in [2.45, 2.75) is 32.4 Å². The smallest absolute Gasteiger partial charge is 0.0328 e. The zero-order valence-electron chi connectivity index (χ0n) is 12.2. The van der Waals surface area contributed by atoms with Gasteiger partial charge in [0, 0.05) is 24.0 Å². The Hall–Kier alpha value is -1.16. The fraction of sp³-hybridized carbons (Fsp3) is 0.412. The molecule has 1 atom stereocenters. The molecule has 0 amide bonds. The van der Waals surface area contributed by atoms with Crippen LogP contribution in [0, 0.1) is 0 Å². The van der Waals surface area contributed by atoms with Crippen LogP contribution in [-0.4, -0.2) is 24.0 Å². The summed E-state index contributed by atoms with van der Waals surface area (Å²) in [4.78, 5) is 3.85. The fourth-order valence-corrected chi connectivity index (χ4v) is 3.09. The highest BCUT2D eigenvalue weighted by Crippen LogP contribution is 2.12. The summed E-state index contributed by atoms with van der Waals surface area (Å²) in [7, 11) is 0. The highest BCUT2D eigenvalue weighted by atomic mass is 32.1. The van der Waals surface area contributed by atoms with Gasteiger partial charge in [-0.25, -0.2) is 0 Å². The minimum Gasteiger partial charge on any atom is -0.327 e. The van der Waals surface area contributed by atoms with E-state index in [0.29, 0.717) is 0 Å². The van der Waals surface area contributed by atoms with Gasteiger partial charge in [0.25, 0.3) is 0 Å². The van der Waals surface area contributed by atoms with Crippen molar-refractivity contribution in [2.24, 2.45) is 5.73 Å². The van der Waals surface area contributed by atoms with Crippen molar-refractivity contribution in [3.63, 3.8) is 0 Å². The third kappa shape index (κ3) is 5.08. The van der Waals surface area contributed by atoms with E-state index in [-0.39, 0.29) is 6.04 Å². The van der Waals surface area contributed by atoms with E-state index in [1.165, 1.54) is 10.4 Å². The predicted octanol–water partition coefficient (Wildman–Crippen LogP) is 3.53. The van der Waals surface area contributed by atoms with Crippen molar-refractivity contribution in [3.8, 4) is 0 Å². The summed E-state index contributed by atoms with van der Waals surface area (Å²) in [6.07, 6.45) is 2.11. The average Bonchev–Trinajstić information content (AvgIpc) is 2.98. The molecule has 1 aromatic heterocycles. The minimum absolute atomic E-state index is 0.245. The van der Waals surface area contributed by atoms with Crippen LogP contribution in [-0.2, 0) is 13.0 Å². The van der Waals surface area contributed by atoms with E-state index in [9.17, 15) is 0 Å². The van der Waals surface area contributed by atoms with Gasteiger partial charge in [0.15, 0.2) is 0 Å². The lowest BCUT2D eigenvalue weighted by atomic mass is 10.1. The van der Waals surface area contributed by atoms with Gasteiger partial charge in [0.2, 0.25) is 0 Å². The monoisotopic (exact) mass is 288 g/mol. The van der Waals surface area contributed by atoms with Gasteiger partial charge in [-0.15, -0.1) is 11.3 Å². The Morgan fingerprint density at radius 1 is 1.15 bits per heavy atom. The second-order valence-electron chi connectivity index (χ2n) is 5.19. The van der Waals surface area contributed by atoms with Gasteiger partial charge in [-0.3, -0.25) is 4.90 Å². The first-order chi connectivity index (χ1) is 9.78. The summed E-state index contributed by atoms with van der Waals surface area (Å²) in [6, 6.07) is 15.2. The standard InChI is InChI=1S/C17H24N2S/c1-2-19(14-17-9-6-12-20-17)13-16(18)11-10-15-7-4-3-5-8-15/h3-9,12,16H,2,10-11,13-14,18H2,1H3. The third-order valence-electron chi connectivity index (χ3n) is 3.55. The molecular formula is C17H24N2S.